The van der Waals surface area contributed by atoms with Gasteiger partial charge in [0, 0.05) is 38.1 Å². The van der Waals surface area contributed by atoms with Gasteiger partial charge in [-0.3, -0.25) is 4.57 Å². The summed E-state index contributed by atoms with van der Waals surface area (Å²) in [5, 5.41) is 1.11. The first-order valence-corrected chi connectivity index (χ1v) is 20.1. The molecule has 9 aromatic carbocycles. The average Bonchev–Trinajstić information content (AvgIpc) is 4.19. The van der Waals surface area contributed by atoms with Crippen LogP contribution in [0.15, 0.2) is 215 Å². The fraction of sp³-hybridized carbons (Fsp3) is 0. The second kappa shape index (κ2) is 14.0. The zero-order chi connectivity index (χ0) is 51.9. The second-order valence-corrected chi connectivity index (χ2v) is 15.0. The summed E-state index contributed by atoms with van der Waals surface area (Å²) < 4.78 is 124. The van der Waals surface area contributed by atoms with Crippen molar-refractivity contribution in [1.29, 1.82) is 0 Å². The number of hydrogen-bond acceptors (Lipinski definition) is 5. The molecule has 294 valence electrons. The summed E-state index contributed by atoms with van der Waals surface area (Å²) >= 11 is 0. The topological polar surface area (TPSA) is 69.9 Å². The second-order valence-electron chi connectivity index (χ2n) is 15.0. The molecule has 0 spiro atoms. The maximum atomic E-state index is 9.92. The normalized spacial score (nSPS) is 14.5. The third-order valence-corrected chi connectivity index (χ3v) is 11.3. The molecule has 13 rings (SSSR count). The first-order valence-electron chi connectivity index (χ1n) is 26.1. The Morgan fingerprint density at radius 2 is 1.06 bits per heavy atom. The summed E-state index contributed by atoms with van der Waals surface area (Å²) in [4.78, 5) is 15.3. The van der Waals surface area contributed by atoms with Gasteiger partial charge in [-0.1, -0.05) is 145 Å². The molecule has 0 bridgehead atoms. The zero-order valence-electron chi connectivity index (χ0n) is 44.8. The van der Waals surface area contributed by atoms with Crippen LogP contribution in [0.25, 0.3) is 128 Å². The lowest BCUT2D eigenvalue weighted by molar-refractivity contribution is 0.668. The van der Waals surface area contributed by atoms with Crippen LogP contribution in [0.5, 0.6) is 0 Å². The maximum absolute atomic E-state index is 9.92. The van der Waals surface area contributed by atoms with Crippen molar-refractivity contribution < 1.29 is 25.3 Å². The van der Waals surface area contributed by atoms with E-state index in [1.807, 2.05) is 109 Å². The SMILES string of the molecule is [2H]c1c(-c2ccccc2)cc(-c2nc(-c3ccc4c(c3)oc3cccc(-c5ccccc5)c34)nc(-n3c4c([2H])c([2H])c([2H])c([2H])c4c4c([2H])c([2H])c5oc6c([2H])c([2H])c([2H])c([2H])c6c5c43)n2)c([2H])c1-c1ccccc1. The standard InChI is InChI=1S/C57H34N4O2/c1-4-15-35(16-5-1)39-31-40(36-17-6-2-7-18-36)33-41(32-39)56-58-55(38-27-28-46-51(34-38)63-49-26-14-23-42(52(46)49)37-19-8-3-9-20-37)59-57(60-56)61-47-24-12-10-21-43(47)44-29-30-50-53(54(44)61)45-22-11-13-25-48(45)62-50/h1-34H/i10D,11D,12D,13D,21D,22D,24D,25D,29D,30D,31D,32D. The summed E-state index contributed by atoms with van der Waals surface area (Å²) in [6, 6.07) is 35.5. The van der Waals surface area contributed by atoms with Gasteiger partial charge in [0.25, 0.3) is 0 Å². The van der Waals surface area contributed by atoms with E-state index in [1.54, 1.807) is 24.3 Å². The number of nitrogens with zero attached hydrogens (tertiary/aromatic N) is 4. The van der Waals surface area contributed by atoms with Gasteiger partial charge in [-0.15, -0.1) is 0 Å². The van der Waals surface area contributed by atoms with E-state index in [9.17, 15) is 9.60 Å². The van der Waals surface area contributed by atoms with Crippen molar-refractivity contribution >= 4 is 65.7 Å². The average molecular weight is 819 g/mol. The highest BCUT2D eigenvalue weighted by molar-refractivity contribution is 6.24. The number of furan rings is 2. The molecule has 6 heteroatoms. The van der Waals surface area contributed by atoms with E-state index in [-0.39, 0.29) is 84.6 Å². The van der Waals surface area contributed by atoms with Crippen molar-refractivity contribution in [3.05, 3.63) is 206 Å². The van der Waals surface area contributed by atoms with Crippen LogP contribution in [0.4, 0.5) is 0 Å². The van der Waals surface area contributed by atoms with Crippen LogP contribution >= 0.6 is 0 Å². The summed E-state index contributed by atoms with van der Waals surface area (Å²) in [6.45, 7) is 0. The molecule has 4 heterocycles. The number of fused-ring (bicyclic) bond motifs is 10. The molecular weight excluding hydrogens is 773 g/mol. The number of aromatic nitrogens is 4. The molecule has 0 unspecified atom stereocenters. The van der Waals surface area contributed by atoms with Gasteiger partial charge in [0.15, 0.2) is 11.6 Å². The highest BCUT2D eigenvalue weighted by atomic mass is 16.3. The van der Waals surface area contributed by atoms with Gasteiger partial charge >= 0.3 is 0 Å². The Labute approximate surface area is 377 Å². The first kappa shape index (κ1) is 25.2. The Kier molecular flexibility index (Phi) is 5.60. The molecule has 4 aromatic heterocycles. The van der Waals surface area contributed by atoms with Crippen LogP contribution in [0, 0.1) is 0 Å². The van der Waals surface area contributed by atoms with Crippen LogP contribution < -0.4 is 0 Å². The molecule has 63 heavy (non-hydrogen) atoms. The lowest BCUT2D eigenvalue weighted by Gasteiger charge is -2.13. The third-order valence-electron chi connectivity index (χ3n) is 11.3. The number of benzene rings is 9. The highest BCUT2D eigenvalue weighted by Gasteiger charge is 2.23. The molecule has 0 saturated carbocycles. The van der Waals surface area contributed by atoms with Gasteiger partial charge in [-0.05, 0) is 93.9 Å². The minimum atomic E-state index is -0.636. The Morgan fingerprint density at radius 1 is 0.397 bits per heavy atom. The van der Waals surface area contributed by atoms with E-state index in [4.69, 9.17) is 30.6 Å². The molecule has 0 fully saturated rings. The molecule has 0 atom stereocenters. The number of para-hydroxylation sites is 2. The quantitative estimate of drug-likeness (QED) is 0.167. The van der Waals surface area contributed by atoms with Crippen molar-refractivity contribution in [2.24, 2.45) is 0 Å². The summed E-state index contributed by atoms with van der Waals surface area (Å²) in [5.74, 6) is -0.340. The smallest absolute Gasteiger partial charge is 0.238 e. The molecule has 0 aliphatic heterocycles. The minimum Gasteiger partial charge on any atom is -0.456 e. The predicted molar refractivity (Wildman–Crippen MR) is 256 cm³/mol. The van der Waals surface area contributed by atoms with Crippen molar-refractivity contribution in [1.82, 2.24) is 19.5 Å². The molecule has 0 saturated heterocycles. The van der Waals surface area contributed by atoms with Crippen molar-refractivity contribution in [3.63, 3.8) is 0 Å². The largest absolute Gasteiger partial charge is 0.456 e. The fourth-order valence-electron chi connectivity index (χ4n) is 8.51. The summed E-state index contributed by atoms with van der Waals surface area (Å²) in [6.07, 6.45) is 0. The fourth-order valence-corrected chi connectivity index (χ4v) is 8.51. The highest BCUT2D eigenvalue weighted by Crippen LogP contribution is 2.42. The van der Waals surface area contributed by atoms with Gasteiger partial charge in [0.1, 0.15) is 22.3 Å². The van der Waals surface area contributed by atoms with E-state index >= 15 is 0 Å². The molecule has 0 aliphatic carbocycles. The van der Waals surface area contributed by atoms with Gasteiger partial charge in [0.2, 0.25) is 5.95 Å². The predicted octanol–water partition coefficient (Wildman–Crippen LogP) is 15.1. The zero-order valence-corrected chi connectivity index (χ0v) is 32.8. The molecular formula is C57H34N4O2. The summed E-state index contributed by atoms with van der Waals surface area (Å²) in [5.41, 5.74) is 4.71. The van der Waals surface area contributed by atoms with E-state index in [1.165, 1.54) is 4.57 Å². The van der Waals surface area contributed by atoms with Crippen LogP contribution in [-0.2, 0) is 0 Å². The van der Waals surface area contributed by atoms with Crippen molar-refractivity contribution in [2.75, 3.05) is 0 Å². The van der Waals surface area contributed by atoms with Crippen LogP contribution in [0.3, 0.4) is 0 Å². The Bertz CT molecular complexity index is 4620. The Morgan fingerprint density at radius 3 is 1.86 bits per heavy atom. The van der Waals surface area contributed by atoms with E-state index in [0.717, 1.165) is 21.9 Å². The lowest BCUT2D eigenvalue weighted by atomic mass is 9.96. The first-order chi connectivity index (χ1) is 36.2. The molecule has 0 aliphatic rings. The van der Waals surface area contributed by atoms with Crippen molar-refractivity contribution in [2.45, 2.75) is 0 Å². The molecule has 13 aromatic rings. The van der Waals surface area contributed by atoms with Crippen LogP contribution in [0.1, 0.15) is 16.4 Å². The maximum Gasteiger partial charge on any atom is 0.238 e. The Balaban J connectivity index is 1.20. The summed E-state index contributed by atoms with van der Waals surface area (Å²) in [7, 11) is 0. The van der Waals surface area contributed by atoms with Gasteiger partial charge in [0.05, 0.1) is 32.9 Å². The number of rotatable bonds is 6. The van der Waals surface area contributed by atoms with Gasteiger partial charge in [-0.2, -0.15) is 9.97 Å². The van der Waals surface area contributed by atoms with E-state index in [2.05, 4.69) is 0 Å². The molecule has 6 nitrogen and oxygen atoms in total. The van der Waals surface area contributed by atoms with Gasteiger partial charge < -0.3 is 8.83 Å². The van der Waals surface area contributed by atoms with E-state index in [0.29, 0.717) is 33.4 Å². The van der Waals surface area contributed by atoms with E-state index < -0.39 is 60.4 Å². The number of hydrogen-bond donors (Lipinski definition) is 0. The monoisotopic (exact) mass is 818 g/mol. The van der Waals surface area contributed by atoms with Crippen LogP contribution in [-0.4, -0.2) is 19.5 Å². The molecule has 0 amide bonds. The third kappa shape index (κ3) is 5.69. The van der Waals surface area contributed by atoms with Gasteiger partial charge in [-0.25, -0.2) is 4.98 Å². The molecule has 0 radical (unpaired) electrons. The lowest BCUT2D eigenvalue weighted by Crippen LogP contribution is -2.06. The Hall–Kier alpha value is -8.61. The minimum absolute atomic E-state index is 0.0202. The van der Waals surface area contributed by atoms with Crippen molar-refractivity contribution in [3.8, 4) is 62.1 Å². The molecule has 0 N–H and O–H groups in total. The van der Waals surface area contributed by atoms with Crippen LogP contribution in [0.2, 0.25) is 0 Å².